The molecule has 2 saturated heterocycles. The van der Waals surface area contributed by atoms with Crippen molar-refractivity contribution >= 4 is 0 Å². The quantitative estimate of drug-likeness (QED) is 0.788. The monoisotopic (exact) mass is 221 g/mol. The number of hydrogen-bond acceptors (Lipinski definition) is 3. The molecule has 88 valence electrons. The van der Waals surface area contributed by atoms with Gasteiger partial charge in [-0.05, 0) is 19.4 Å². The van der Waals surface area contributed by atoms with E-state index in [0.29, 0.717) is 5.92 Å². The van der Waals surface area contributed by atoms with Crippen LogP contribution in [-0.2, 0) is 10.2 Å². The van der Waals surface area contributed by atoms with Crippen LogP contribution >= 0.6 is 0 Å². The van der Waals surface area contributed by atoms with E-state index < -0.39 is 0 Å². The number of rotatable bonds is 2. The molecule has 0 bridgehead atoms. The zero-order valence-corrected chi connectivity index (χ0v) is 9.75. The fourth-order valence-electron chi connectivity index (χ4n) is 2.62. The van der Waals surface area contributed by atoms with Gasteiger partial charge in [0.05, 0.1) is 6.61 Å². The van der Waals surface area contributed by atoms with E-state index in [1.807, 2.05) is 6.20 Å². The molecule has 2 aliphatic rings. The number of hydrogen-bond donors (Lipinski definition) is 2. The van der Waals surface area contributed by atoms with Gasteiger partial charge in [-0.15, -0.1) is 0 Å². The number of imidazole rings is 1. The van der Waals surface area contributed by atoms with Crippen LogP contribution in [0.5, 0.6) is 0 Å². The van der Waals surface area contributed by atoms with Crippen molar-refractivity contribution in [1.29, 1.82) is 0 Å². The molecule has 2 unspecified atom stereocenters. The predicted molar refractivity (Wildman–Crippen MR) is 61.6 cm³/mol. The van der Waals surface area contributed by atoms with Crippen LogP contribution < -0.4 is 5.32 Å². The van der Waals surface area contributed by atoms with Crippen molar-refractivity contribution in [3.05, 3.63) is 17.7 Å². The van der Waals surface area contributed by atoms with Gasteiger partial charge in [0.25, 0.3) is 0 Å². The van der Waals surface area contributed by atoms with Crippen LogP contribution in [-0.4, -0.2) is 36.3 Å². The van der Waals surface area contributed by atoms with E-state index in [1.165, 1.54) is 12.1 Å². The van der Waals surface area contributed by atoms with Gasteiger partial charge in [0, 0.05) is 36.4 Å². The summed E-state index contributed by atoms with van der Waals surface area (Å²) in [5.41, 5.74) is 1.39. The summed E-state index contributed by atoms with van der Waals surface area (Å²) < 4.78 is 5.49. The van der Waals surface area contributed by atoms with Crippen LogP contribution in [0.2, 0.25) is 0 Å². The second-order valence-electron chi connectivity index (χ2n) is 5.24. The molecule has 2 fully saturated rings. The maximum atomic E-state index is 5.49. The second kappa shape index (κ2) is 3.86. The third-order valence-electron chi connectivity index (χ3n) is 3.91. The Hall–Kier alpha value is -0.870. The van der Waals surface area contributed by atoms with E-state index in [9.17, 15) is 0 Å². The van der Waals surface area contributed by atoms with Crippen molar-refractivity contribution in [2.45, 2.75) is 31.1 Å². The average molecular weight is 221 g/mol. The number of nitrogens with one attached hydrogen (secondary N) is 2. The Balaban J connectivity index is 1.81. The van der Waals surface area contributed by atoms with Gasteiger partial charge in [-0.25, -0.2) is 4.98 Å². The summed E-state index contributed by atoms with van der Waals surface area (Å²) in [4.78, 5) is 8.04. The van der Waals surface area contributed by atoms with Gasteiger partial charge in [-0.1, -0.05) is 6.92 Å². The van der Waals surface area contributed by atoms with Crippen molar-refractivity contribution < 1.29 is 4.74 Å². The van der Waals surface area contributed by atoms with Crippen LogP contribution in [0, 0.1) is 0 Å². The first kappa shape index (κ1) is 10.3. The fraction of sp³-hybridized carbons (Fsp3) is 0.750. The Labute approximate surface area is 95.8 Å². The SMILES string of the molecule is CC1(c2cnc(C3CCNC3)[nH]2)CCOC1. The van der Waals surface area contributed by atoms with Crippen molar-refractivity contribution in [2.75, 3.05) is 26.3 Å². The van der Waals surface area contributed by atoms with E-state index in [0.717, 1.165) is 38.5 Å². The summed E-state index contributed by atoms with van der Waals surface area (Å²) in [5.74, 6) is 1.72. The first-order chi connectivity index (χ1) is 7.78. The summed E-state index contributed by atoms with van der Waals surface area (Å²) in [7, 11) is 0. The van der Waals surface area contributed by atoms with Crippen LogP contribution in [0.25, 0.3) is 0 Å². The Morgan fingerprint density at radius 1 is 1.56 bits per heavy atom. The summed E-state index contributed by atoms with van der Waals surface area (Å²) in [6.07, 6.45) is 4.29. The maximum Gasteiger partial charge on any atom is 0.110 e. The molecule has 0 amide bonds. The lowest BCUT2D eigenvalue weighted by molar-refractivity contribution is 0.180. The average Bonchev–Trinajstić information content (AvgIpc) is 2.98. The summed E-state index contributed by atoms with van der Waals surface area (Å²) >= 11 is 0. The molecular formula is C12H19N3O. The standard InChI is InChI=1S/C12H19N3O/c1-12(3-5-16-8-12)10-7-14-11(15-10)9-2-4-13-6-9/h7,9,13H,2-6,8H2,1H3,(H,14,15). The zero-order chi connectivity index (χ0) is 11.0. The highest BCUT2D eigenvalue weighted by atomic mass is 16.5. The molecule has 0 radical (unpaired) electrons. The summed E-state index contributed by atoms with van der Waals surface area (Å²) in [6, 6.07) is 0. The van der Waals surface area contributed by atoms with E-state index in [2.05, 4.69) is 22.2 Å². The summed E-state index contributed by atoms with van der Waals surface area (Å²) in [5, 5.41) is 3.37. The third kappa shape index (κ3) is 1.66. The number of nitrogens with zero attached hydrogens (tertiary/aromatic N) is 1. The van der Waals surface area contributed by atoms with Gasteiger partial charge in [-0.3, -0.25) is 0 Å². The predicted octanol–water partition coefficient (Wildman–Crippen LogP) is 1.16. The topological polar surface area (TPSA) is 49.9 Å². The molecule has 2 atom stereocenters. The van der Waals surface area contributed by atoms with Crippen molar-refractivity contribution in [2.24, 2.45) is 0 Å². The minimum absolute atomic E-state index is 0.150. The minimum Gasteiger partial charge on any atom is -0.380 e. The van der Waals surface area contributed by atoms with Crippen molar-refractivity contribution in [3.63, 3.8) is 0 Å². The first-order valence-corrected chi connectivity index (χ1v) is 6.12. The fourth-order valence-corrected chi connectivity index (χ4v) is 2.62. The molecule has 1 aromatic rings. The lowest BCUT2D eigenvalue weighted by Gasteiger charge is -2.19. The molecule has 2 aliphatic heterocycles. The molecule has 3 heterocycles. The molecule has 0 aliphatic carbocycles. The van der Waals surface area contributed by atoms with Crippen LogP contribution in [0.4, 0.5) is 0 Å². The van der Waals surface area contributed by atoms with Crippen LogP contribution in [0.15, 0.2) is 6.20 Å². The second-order valence-corrected chi connectivity index (χ2v) is 5.24. The highest BCUT2D eigenvalue weighted by Gasteiger charge is 2.34. The molecule has 0 aromatic carbocycles. The molecule has 1 aromatic heterocycles. The molecule has 3 rings (SSSR count). The lowest BCUT2D eigenvalue weighted by atomic mass is 9.87. The number of ether oxygens (including phenoxy) is 1. The molecule has 0 spiro atoms. The number of aromatic nitrogens is 2. The molecule has 16 heavy (non-hydrogen) atoms. The van der Waals surface area contributed by atoms with Crippen LogP contribution in [0.1, 0.15) is 37.2 Å². The Morgan fingerprint density at radius 3 is 3.19 bits per heavy atom. The van der Waals surface area contributed by atoms with Gasteiger partial charge in [0.2, 0.25) is 0 Å². The Kier molecular flexibility index (Phi) is 2.48. The number of H-pyrrole nitrogens is 1. The molecule has 2 N–H and O–H groups in total. The van der Waals surface area contributed by atoms with E-state index >= 15 is 0 Å². The van der Waals surface area contributed by atoms with Crippen molar-refractivity contribution in [1.82, 2.24) is 15.3 Å². The van der Waals surface area contributed by atoms with Gasteiger partial charge < -0.3 is 15.0 Å². The molecule has 4 heteroatoms. The lowest BCUT2D eigenvalue weighted by Crippen LogP contribution is -2.22. The first-order valence-electron chi connectivity index (χ1n) is 6.12. The van der Waals surface area contributed by atoms with Gasteiger partial charge >= 0.3 is 0 Å². The summed E-state index contributed by atoms with van der Waals surface area (Å²) in [6.45, 7) is 6.11. The Bertz CT molecular complexity index is 362. The number of aromatic amines is 1. The van der Waals surface area contributed by atoms with Gasteiger partial charge in [0.1, 0.15) is 5.82 Å². The maximum absolute atomic E-state index is 5.49. The van der Waals surface area contributed by atoms with Crippen molar-refractivity contribution in [3.8, 4) is 0 Å². The van der Waals surface area contributed by atoms with E-state index in [1.54, 1.807) is 0 Å². The smallest absolute Gasteiger partial charge is 0.110 e. The largest absolute Gasteiger partial charge is 0.380 e. The highest BCUT2D eigenvalue weighted by molar-refractivity contribution is 5.18. The highest BCUT2D eigenvalue weighted by Crippen LogP contribution is 2.32. The minimum atomic E-state index is 0.150. The van der Waals surface area contributed by atoms with Crippen LogP contribution in [0.3, 0.4) is 0 Å². The third-order valence-corrected chi connectivity index (χ3v) is 3.91. The zero-order valence-electron chi connectivity index (χ0n) is 9.75. The van der Waals surface area contributed by atoms with Gasteiger partial charge in [-0.2, -0.15) is 0 Å². The molecule has 0 saturated carbocycles. The molecule has 4 nitrogen and oxygen atoms in total. The normalized spacial score (nSPS) is 34.7. The van der Waals surface area contributed by atoms with E-state index in [4.69, 9.17) is 4.74 Å². The van der Waals surface area contributed by atoms with E-state index in [-0.39, 0.29) is 5.41 Å². The van der Waals surface area contributed by atoms with Gasteiger partial charge in [0.15, 0.2) is 0 Å². The Morgan fingerprint density at radius 2 is 2.50 bits per heavy atom. The molecular weight excluding hydrogens is 202 g/mol.